The van der Waals surface area contributed by atoms with E-state index in [4.69, 9.17) is 5.11 Å². The van der Waals surface area contributed by atoms with Crippen LogP contribution in [0.1, 0.15) is 31.2 Å². The van der Waals surface area contributed by atoms with Gasteiger partial charge in [0.2, 0.25) is 5.91 Å². The van der Waals surface area contributed by atoms with Crippen LogP contribution in [0, 0.1) is 0 Å². The first-order valence-corrected chi connectivity index (χ1v) is 6.38. The third kappa shape index (κ3) is 5.68. The van der Waals surface area contributed by atoms with Crippen LogP contribution in [0.15, 0.2) is 24.3 Å². The molecule has 0 aliphatic heterocycles. The second kappa shape index (κ2) is 8.53. The summed E-state index contributed by atoms with van der Waals surface area (Å²) in [5, 5.41) is 21.0. The fourth-order valence-electron chi connectivity index (χ4n) is 1.70. The van der Waals surface area contributed by atoms with Crippen molar-refractivity contribution in [1.82, 2.24) is 5.32 Å². The Hall–Kier alpha value is -1.55. The van der Waals surface area contributed by atoms with Crippen molar-refractivity contribution >= 4 is 5.91 Å². The molecule has 3 N–H and O–H groups in total. The fraction of sp³-hybridized carbons (Fsp3) is 0.500. The van der Waals surface area contributed by atoms with Gasteiger partial charge in [-0.25, -0.2) is 0 Å². The Kier molecular flexibility index (Phi) is 6.87. The molecule has 0 bridgehead atoms. The van der Waals surface area contributed by atoms with Gasteiger partial charge in [-0.2, -0.15) is 0 Å². The van der Waals surface area contributed by atoms with Crippen LogP contribution >= 0.6 is 0 Å². The number of carbonyl (C=O) groups is 1. The molecular weight excluding hydrogens is 230 g/mol. The highest BCUT2D eigenvalue weighted by molar-refractivity contribution is 5.76. The number of amides is 1. The molecule has 0 saturated carbocycles. The summed E-state index contributed by atoms with van der Waals surface area (Å²) in [4.78, 5) is 11.5. The molecule has 100 valence electrons. The number of unbranched alkanes of at least 4 members (excludes halogenated alkanes) is 2. The molecule has 0 radical (unpaired) electrons. The molecular formula is C14H21NO3. The largest absolute Gasteiger partial charge is 0.508 e. The molecule has 1 amide bonds. The van der Waals surface area contributed by atoms with Crippen molar-refractivity contribution in [2.45, 2.75) is 32.1 Å². The summed E-state index contributed by atoms with van der Waals surface area (Å²) in [6.45, 7) is 0.862. The summed E-state index contributed by atoms with van der Waals surface area (Å²) in [6.07, 6.45) is 3.54. The molecule has 0 aliphatic rings. The van der Waals surface area contributed by atoms with Crippen molar-refractivity contribution in [2.75, 3.05) is 13.2 Å². The summed E-state index contributed by atoms with van der Waals surface area (Å²) in [6, 6.07) is 7.06. The third-order valence-corrected chi connectivity index (χ3v) is 2.77. The van der Waals surface area contributed by atoms with Crippen LogP contribution < -0.4 is 5.32 Å². The summed E-state index contributed by atoms with van der Waals surface area (Å²) in [7, 11) is 0. The van der Waals surface area contributed by atoms with Gasteiger partial charge in [-0.3, -0.25) is 4.79 Å². The molecule has 0 heterocycles. The smallest absolute Gasteiger partial charge is 0.220 e. The Labute approximate surface area is 108 Å². The first-order chi connectivity index (χ1) is 8.74. The number of aliphatic hydroxyl groups excluding tert-OH is 1. The molecule has 1 aromatic rings. The molecule has 18 heavy (non-hydrogen) atoms. The van der Waals surface area contributed by atoms with Crippen LogP contribution in [-0.2, 0) is 11.2 Å². The predicted molar refractivity (Wildman–Crippen MR) is 70.4 cm³/mol. The van der Waals surface area contributed by atoms with Crippen molar-refractivity contribution in [3.8, 4) is 5.75 Å². The van der Waals surface area contributed by atoms with Crippen molar-refractivity contribution in [3.63, 3.8) is 0 Å². The number of phenols is 1. The number of benzene rings is 1. The van der Waals surface area contributed by atoms with Crippen molar-refractivity contribution in [2.24, 2.45) is 0 Å². The molecule has 0 aromatic heterocycles. The zero-order chi connectivity index (χ0) is 13.2. The Bertz CT molecular complexity index is 366. The minimum atomic E-state index is 0.00208. The topological polar surface area (TPSA) is 69.6 Å². The minimum absolute atomic E-state index is 0.00208. The molecule has 1 aromatic carbocycles. The lowest BCUT2D eigenvalue weighted by atomic mass is 10.1. The van der Waals surface area contributed by atoms with Crippen LogP contribution in [0.25, 0.3) is 0 Å². The summed E-state index contributed by atoms with van der Waals surface area (Å²) < 4.78 is 0. The van der Waals surface area contributed by atoms with Gasteiger partial charge in [0.1, 0.15) is 5.75 Å². The van der Waals surface area contributed by atoms with Gasteiger partial charge in [0.25, 0.3) is 0 Å². The maximum Gasteiger partial charge on any atom is 0.220 e. The van der Waals surface area contributed by atoms with Gasteiger partial charge in [0, 0.05) is 19.6 Å². The van der Waals surface area contributed by atoms with Crippen molar-refractivity contribution in [1.29, 1.82) is 0 Å². The second-order valence-electron chi connectivity index (χ2n) is 4.26. The second-order valence-corrected chi connectivity index (χ2v) is 4.26. The summed E-state index contributed by atoms with van der Waals surface area (Å²) in [5.41, 5.74) is 0.799. The van der Waals surface area contributed by atoms with E-state index in [-0.39, 0.29) is 18.3 Å². The lowest BCUT2D eigenvalue weighted by Crippen LogP contribution is -2.24. The van der Waals surface area contributed by atoms with Crippen LogP contribution in [-0.4, -0.2) is 29.3 Å². The number of carbonyl (C=O) groups excluding carboxylic acids is 1. The van der Waals surface area contributed by atoms with E-state index in [2.05, 4.69) is 5.32 Å². The number of hydrogen-bond donors (Lipinski definition) is 3. The normalized spacial score (nSPS) is 10.3. The van der Waals surface area contributed by atoms with Gasteiger partial charge in [0.15, 0.2) is 0 Å². The first kappa shape index (κ1) is 14.5. The number of nitrogens with one attached hydrogen (secondary N) is 1. The Morgan fingerprint density at radius 1 is 1.17 bits per heavy atom. The van der Waals surface area contributed by atoms with Crippen molar-refractivity contribution in [3.05, 3.63) is 29.8 Å². The SMILES string of the molecule is O=C(CCc1ccccc1O)NCCCCCO. The number of aryl methyl sites for hydroxylation is 1. The van der Waals surface area contributed by atoms with E-state index in [1.165, 1.54) is 0 Å². The molecule has 0 aliphatic carbocycles. The third-order valence-electron chi connectivity index (χ3n) is 2.77. The number of hydrogen-bond acceptors (Lipinski definition) is 3. The van der Waals surface area contributed by atoms with Crippen LogP contribution in [0.5, 0.6) is 5.75 Å². The zero-order valence-corrected chi connectivity index (χ0v) is 10.6. The van der Waals surface area contributed by atoms with Gasteiger partial charge in [-0.15, -0.1) is 0 Å². The monoisotopic (exact) mass is 251 g/mol. The quantitative estimate of drug-likeness (QED) is 0.615. The van der Waals surface area contributed by atoms with Gasteiger partial charge in [0.05, 0.1) is 0 Å². The molecule has 4 nitrogen and oxygen atoms in total. The molecule has 0 saturated heterocycles. The maximum absolute atomic E-state index is 11.5. The van der Waals surface area contributed by atoms with E-state index in [0.29, 0.717) is 19.4 Å². The van der Waals surface area contributed by atoms with Crippen molar-refractivity contribution < 1.29 is 15.0 Å². The minimum Gasteiger partial charge on any atom is -0.508 e. The van der Waals surface area contributed by atoms with Crippen LogP contribution in [0.2, 0.25) is 0 Å². The van der Waals surface area contributed by atoms with E-state index in [9.17, 15) is 9.90 Å². The number of para-hydroxylation sites is 1. The van der Waals surface area contributed by atoms with E-state index in [1.807, 2.05) is 12.1 Å². The van der Waals surface area contributed by atoms with Gasteiger partial charge < -0.3 is 15.5 Å². The number of rotatable bonds is 8. The molecule has 1 rings (SSSR count). The van der Waals surface area contributed by atoms with E-state index < -0.39 is 0 Å². The Morgan fingerprint density at radius 3 is 2.67 bits per heavy atom. The van der Waals surface area contributed by atoms with Gasteiger partial charge >= 0.3 is 0 Å². The van der Waals surface area contributed by atoms with E-state index in [0.717, 1.165) is 24.8 Å². The van der Waals surface area contributed by atoms with Gasteiger partial charge in [-0.05, 0) is 37.3 Å². The average molecular weight is 251 g/mol. The number of phenolic OH excluding ortho intramolecular Hbond substituents is 1. The maximum atomic E-state index is 11.5. The molecule has 4 heteroatoms. The standard InChI is InChI=1S/C14H21NO3/c16-11-5-1-4-10-15-14(18)9-8-12-6-2-3-7-13(12)17/h2-3,6-7,16-17H,1,4-5,8-11H2,(H,15,18). The Balaban J connectivity index is 2.15. The lowest BCUT2D eigenvalue weighted by molar-refractivity contribution is -0.121. The molecule has 0 spiro atoms. The van der Waals surface area contributed by atoms with E-state index in [1.54, 1.807) is 12.1 Å². The highest BCUT2D eigenvalue weighted by atomic mass is 16.3. The number of aliphatic hydroxyl groups is 1. The average Bonchev–Trinajstić information content (AvgIpc) is 2.37. The first-order valence-electron chi connectivity index (χ1n) is 6.38. The predicted octanol–water partition coefficient (Wildman–Crippen LogP) is 1.60. The summed E-state index contributed by atoms with van der Waals surface area (Å²) >= 11 is 0. The zero-order valence-electron chi connectivity index (χ0n) is 10.6. The number of aromatic hydroxyl groups is 1. The Morgan fingerprint density at radius 2 is 1.94 bits per heavy atom. The molecule has 0 fully saturated rings. The highest BCUT2D eigenvalue weighted by Gasteiger charge is 2.04. The van der Waals surface area contributed by atoms with E-state index >= 15 is 0 Å². The summed E-state index contributed by atoms with van der Waals surface area (Å²) in [5.74, 6) is 0.246. The highest BCUT2D eigenvalue weighted by Crippen LogP contribution is 2.16. The fourth-order valence-corrected chi connectivity index (χ4v) is 1.70. The lowest BCUT2D eigenvalue weighted by Gasteiger charge is -2.06. The van der Waals surface area contributed by atoms with Crippen LogP contribution in [0.3, 0.4) is 0 Å². The molecule has 0 atom stereocenters. The molecule has 0 unspecified atom stereocenters. The van der Waals surface area contributed by atoms with Gasteiger partial charge in [-0.1, -0.05) is 18.2 Å². The van der Waals surface area contributed by atoms with Crippen LogP contribution in [0.4, 0.5) is 0 Å².